The molecule has 8 nitrogen and oxygen atoms in total. The van der Waals surface area contributed by atoms with E-state index >= 15 is 0 Å². The van der Waals surface area contributed by atoms with Crippen molar-refractivity contribution in [3.63, 3.8) is 0 Å². The number of amides is 2. The van der Waals surface area contributed by atoms with E-state index in [9.17, 15) is 19.2 Å². The van der Waals surface area contributed by atoms with Gasteiger partial charge >= 0.3 is 11.7 Å². The summed E-state index contributed by atoms with van der Waals surface area (Å²) in [4.78, 5) is 53.8. The Morgan fingerprint density at radius 1 is 0.853 bits per heavy atom. The number of H-pyrrole nitrogens is 1. The van der Waals surface area contributed by atoms with Gasteiger partial charge in [-0.25, -0.2) is 9.59 Å². The third-order valence-corrected chi connectivity index (χ3v) is 5.82. The smallest absolute Gasteiger partial charge is 0.338 e. The summed E-state index contributed by atoms with van der Waals surface area (Å²) in [5.74, 6) is -1.20. The van der Waals surface area contributed by atoms with Crippen LogP contribution < -0.4 is 5.69 Å². The third kappa shape index (κ3) is 3.90. The highest BCUT2D eigenvalue weighted by molar-refractivity contribution is 6.21. The lowest BCUT2D eigenvalue weighted by molar-refractivity contribution is 0.0495. The van der Waals surface area contributed by atoms with Gasteiger partial charge in [0.25, 0.3) is 11.8 Å². The quantitative estimate of drug-likeness (QED) is 0.262. The number of aryl methyl sites for hydroxylation is 1. The number of benzene rings is 3. The largest absolute Gasteiger partial charge is 0.462 e. The number of fused-ring (bicyclic) bond motifs is 2. The molecule has 0 saturated heterocycles. The Balaban J connectivity index is 1.20. The van der Waals surface area contributed by atoms with Crippen molar-refractivity contribution < 1.29 is 19.1 Å². The number of rotatable bonds is 7. The molecule has 2 heterocycles. The highest BCUT2D eigenvalue weighted by Gasteiger charge is 2.35. The Morgan fingerprint density at radius 2 is 1.56 bits per heavy atom. The summed E-state index contributed by atoms with van der Waals surface area (Å²) < 4.78 is 7.00. The zero-order chi connectivity index (χ0) is 23.7. The molecule has 170 valence electrons. The standard InChI is InChI=1S/C26H21N3O5/c30-23-19-9-1-2-10-20(19)24(31)29(23)16-17-7-5-8-18(15-17)25(32)34-14-6-13-28-22-12-4-3-11-21(22)27-26(28)33/h1-5,7-12,15H,6,13-14,16H2,(H,27,33). The number of imide groups is 1. The van der Waals surface area contributed by atoms with Crippen molar-refractivity contribution in [2.75, 3.05) is 6.61 Å². The number of hydrogen-bond donors (Lipinski definition) is 1. The van der Waals surface area contributed by atoms with Gasteiger partial charge in [0, 0.05) is 6.54 Å². The first-order chi connectivity index (χ1) is 16.5. The number of ether oxygens (including phenoxy) is 1. The van der Waals surface area contributed by atoms with Gasteiger partial charge in [0.2, 0.25) is 0 Å². The summed E-state index contributed by atoms with van der Waals surface area (Å²) in [5, 5.41) is 0. The summed E-state index contributed by atoms with van der Waals surface area (Å²) >= 11 is 0. The number of aromatic amines is 1. The molecule has 8 heteroatoms. The fourth-order valence-corrected chi connectivity index (χ4v) is 4.16. The van der Waals surface area contributed by atoms with Crippen LogP contribution in [0, 0.1) is 0 Å². The van der Waals surface area contributed by atoms with E-state index in [0.717, 1.165) is 11.0 Å². The molecule has 0 atom stereocenters. The first kappa shape index (κ1) is 21.4. The van der Waals surface area contributed by atoms with E-state index in [2.05, 4.69) is 4.98 Å². The number of esters is 1. The number of para-hydroxylation sites is 2. The van der Waals surface area contributed by atoms with Crippen LogP contribution in [0.25, 0.3) is 11.0 Å². The van der Waals surface area contributed by atoms with Gasteiger partial charge < -0.3 is 9.72 Å². The lowest BCUT2D eigenvalue weighted by atomic mass is 10.1. The van der Waals surface area contributed by atoms with Crippen LogP contribution in [-0.4, -0.2) is 38.8 Å². The Hall–Kier alpha value is -4.46. The van der Waals surface area contributed by atoms with Crippen LogP contribution in [0.2, 0.25) is 0 Å². The molecule has 5 rings (SSSR count). The fourth-order valence-electron chi connectivity index (χ4n) is 4.16. The number of nitrogens with one attached hydrogen (secondary N) is 1. The van der Waals surface area contributed by atoms with E-state index in [1.807, 2.05) is 24.3 Å². The molecule has 2 amide bonds. The van der Waals surface area contributed by atoms with Crippen LogP contribution >= 0.6 is 0 Å². The lowest BCUT2D eigenvalue weighted by Crippen LogP contribution is -2.29. The van der Waals surface area contributed by atoms with Gasteiger partial charge in [0.05, 0.1) is 40.9 Å². The highest BCUT2D eigenvalue weighted by atomic mass is 16.5. The number of aromatic nitrogens is 2. The molecule has 0 spiro atoms. The Kier molecular flexibility index (Phi) is 5.55. The zero-order valence-electron chi connectivity index (χ0n) is 18.2. The normalized spacial score (nSPS) is 12.9. The van der Waals surface area contributed by atoms with Crippen molar-refractivity contribution in [1.29, 1.82) is 0 Å². The SMILES string of the molecule is O=C(OCCCn1c(=O)[nH]c2ccccc21)c1cccc(CN2C(=O)c3ccccc3C2=O)c1. The summed E-state index contributed by atoms with van der Waals surface area (Å²) in [6.45, 7) is 0.625. The van der Waals surface area contributed by atoms with Gasteiger partial charge in [-0.15, -0.1) is 0 Å². The number of nitrogens with zero attached hydrogens (tertiary/aromatic N) is 2. The topological polar surface area (TPSA) is 101 Å². The van der Waals surface area contributed by atoms with Crippen molar-refractivity contribution in [3.8, 4) is 0 Å². The van der Waals surface area contributed by atoms with E-state index in [0.29, 0.717) is 35.2 Å². The van der Waals surface area contributed by atoms with Crippen molar-refractivity contribution >= 4 is 28.8 Å². The first-order valence-electron chi connectivity index (χ1n) is 10.9. The van der Waals surface area contributed by atoms with Crippen molar-refractivity contribution in [1.82, 2.24) is 14.5 Å². The van der Waals surface area contributed by atoms with Crippen LogP contribution in [0.5, 0.6) is 0 Å². The molecule has 1 N–H and O–H groups in total. The maximum atomic E-state index is 12.6. The second-order valence-corrected chi connectivity index (χ2v) is 8.03. The van der Waals surface area contributed by atoms with Crippen LogP contribution in [-0.2, 0) is 17.8 Å². The fraction of sp³-hybridized carbons (Fsp3) is 0.154. The molecule has 0 saturated carbocycles. The van der Waals surface area contributed by atoms with Gasteiger partial charge in [-0.1, -0.05) is 36.4 Å². The molecule has 1 aliphatic rings. The van der Waals surface area contributed by atoms with E-state index in [1.54, 1.807) is 53.1 Å². The van der Waals surface area contributed by atoms with Crippen LogP contribution in [0.3, 0.4) is 0 Å². The number of carbonyl (C=O) groups excluding carboxylic acids is 3. The predicted octanol–water partition coefficient (Wildman–Crippen LogP) is 3.37. The monoisotopic (exact) mass is 455 g/mol. The van der Waals surface area contributed by atoms with Crippen molar-refractivity contribution in [2.24, 2.45) is 0 Å². The minimum atomic E-state index is -0.504. The van der Waals surface area contributed by atoms with Gasteiger partial charge in [-0.2, -0.15) is 0 Å². The van der Waals surface area contributed by atoms with Crippen molar-refractivity contribution in [3.05, 3.63) is 106 Å². The van der Waals surface area contributed by atoms with E-state index in [-0.39, 0.29) is 30.7 Å². The van der Waals surface area contributed by atoms with E-state index in [4.69, 9.17) is 4.74 Å². The minimum absolute atomic E-state index is 0.0664. The van der Waals surface area contributed by atoms with Crippen LogP contribution in [0.1, 0.15) is 43.1 Å². The van der Waals surface area contributed by atoms with Gasteiger partial charge in [0.15, 0.2) is 0 Å². The first-order valence-corrected chi connectivity index (χ1v) is 10.9. The van der Waals surface area contributed by atoms with Gasteiger partial charge in [-0.3, -0.25) is 19.1 Å². The Labute approximate surface area is 194 Å². The highest BCUT2D eigenvalue weighted by Crippen LogP contribution is 2.24. The lowest BCUT2D eigenvalue weighted by Gasteiger charge is -2.14. The summed E-state index contributed by atoms with van der Waals surface area (Å²) in [6, 6.07) is 20.8. The third-order valence-electron chi connectivity index (χ3n) is 5.82. The Bertz CT molecular complexity index is 1450. The maximum Gasteiger partial charge on any atom is 0.338 e. The average Bonchev–Trinajstić information content (AvgIpc) is 3.30. The molecule has 4 aromatic rings. The Morgan fingerprint density at radius 3 is 2.32 bits per heavy atom. The number of carbonyl (C=O) groups is 3. The minimum Gasteiger partial charge on any atom is -0.462 e. The molecular weight excluding hydrogens is 434 g/mol. The van der Waals surface area contributed by atoms with Gasteiger partial charge in [0.1, 0.15) is 0 Å². The second kappa shape index (κ2) is 8.82. The van der Waals surface area contributed by atoms with E-state index in [1.165, 1.54) is 4.90 Å². The predicted molar refractivity (Wildman–Crippen MR) is 125 cm³/mol. The molecule has 0 unspecified atom stereocenters. The van der Waals surface area contributed by atoms with Crippen LogP contribution in [0.15, 0.2) is 77.6 Å². The zero-order valence-corrected chi connectivity index (χ0v) is 18.2. The summed E-state index contributed by atoms with van der Waals surface area (Å²) in [6.07, 6.45) is 0.474. The van der Waals surface area contributed by atoms with Crippen LogP contribution in [0.4, 0.5) is 0 Å². The average molecular weight is 455 g/mol. The molecule has 0 bridgehead atoms. The molecule has 3 aromatic carbocycles. The van der Waals surface area contributed by atoms with E-state index < -0.39 is 5.97 Å². The molecule has 34 heavy (non-hydrogen) atoms. The van der Waals surface area contributed by atoms with Crippen molar-refractivity contribution in [2.45, 2.75) is 19.5 Å². The maximum absolute atomic E-state index is 12.6. The molecule has 1 aromatic heterocycles. The second-order valence-electron chi connectivity index (χ2n) is 8.03. The summed E-state index contributed by atoms with van der Waals surface area (Å²) in [5.41, 5.74) is 3.12. The molecular formula is C26H21N3O5. The number of imidazole rings is 1. The molecule has 0 fully saturated rings. The summed E-state index contributed by atoms with van der Waals surface area (Å²) in [7, 11) is 0. The molecule has 0 aliphatic carbocycles. The van der Waals surface area contributed by atoms with Gasteiger partial charge in [-0.05, 0) is 48.4 Å². The molecule has 1 aliphatic heterocycles. The number of hydrogen-bond acceptors (Lipinski definition) is 5. The molecule has 0 radical (unpaired) electrons.